The topological polar surface area (TPSA) is 20.2 Å². The van der Waals surface area contributed by atoms with E-state index in [1.165, 1.54) is 16.7 Å². The molecule has 0 radical (unpaired) electrons. The standard InChI is InChI=1S/C10H15.CH4O.2ClH.Zr/c1-7-6-10(4,5)9(3)8(7)2;1-2;;;/h1-5H3;2H,1H3;2*1H;/q-1;;;;+2/p-2. The molecule has 0 heterocycles. The second kappa shape index (κ2) is 8.99. The van der Waals surface area contributed by atoms with Gasteiger partial charge in [-0.25, -0.2) is 5.57 Å². The van der Waals surface area contributed by atoms with Gasteiger partial charge in [0.2, 0.25) is 0 Å². The number of allylic oxidation sites excluding steroid dienone is 4. The number of aliphatic hydroxyl groups is 1. The Morgan fingerprint density at radius 1 is 1.13 bits per heavy atom. The van der Waals surface area contributed by atoms with E-state index in [9.17, 15) is 0 Å². The van der Waals surface area contributed by atoms with Crippen molar-refractivity contribution >= 4 is 17.0 Å². The second-order valence-electron chi connectivity index (χ2n) is 3.70. The summed E-state index contributed by atoms with van der Waals surface area (Å²) in [6.45, 7) is 10.9. The molecule has 0 fully saturated rings. The van der Waals surface area contributed by atoms with Gasteiger partial charge in [0, 0.05) is 7.11 Å². The van der Waals surface area contributed by atoms with Crippen molar-refractivity contribution in [3.63, 3.8) is 0 Å². The first-order valence-electron chi connectivity index (χ1n) is 4.58. The zero-order valence-corrected chi connectivity index (χ0v) is 14.2. The van der Waals surface area contributed by atoms with Gasteiger partial charge >= 0.3 is 37.9 Å². The molecule has 0 aromatic heterocycles. The molecule has 0 saturated heterocycles. The first-order chi connectivity index (χ1) is 6.86. The monoisotopic (exact) mass is 327 g/mol. The molecule has 0 spiro atoms. The Balaban J connectivity index is 0. The summed E-state index contributed by atoms with van der Waals surface area (Å²) in [6, 6.07) is 0. The number of hydrogen-bond acceptors (Lipinski definition) is 1. The molecule has 0 aliphatic heterocycles. The second-order valence-corrected chi connectivity index (χ2v) is 7.43. The minimum absolute atomic E-state index is 0.189. The average Bonchev–Trinajstić information content (AvgIpc) is 2.34. The molecule has 88 valence electrons. The summed E-state index contributed by atoms with van der Waals surface area (Å²) in [5.74, 6) is 0. The van der Waals surface area contributed by atoms with E-state index >= 15 is 0 Å². The van der Waals surface area contributed by atoms with Crippen molar-refractivity contribution in [1.29, 1.82) is 0 Å². The van der Waals surface area contributed by atoms with Crippen molar-refractivity contribution < 1.29 is 26.0 Å². The van der Waals surface area contributed by atoms with Crippen LogP contribution in [-0.4, -0.2) is 12.2 Å². The maximum atomic E-state index is 7.00. The van der Waals surface area contributed by atoms with Crippen molar-refractivity contribution in [2.75, 3.05) is 7.11 Å². The van der Waals surface area contributed by atoms with Crippen LogP contribution in [-0.2, 0) is 20.8 Å². The first kappa shape index (κ1) is 18.3. The Morgan fingerprint density at radius 2 is 1.47 bits per heavy atom. The van der Waals surface area contributed by atoms with Gasteiger partial charge in [-0.3, -0.25) is 6.08 Å². The van der Waals surface area contributed by atoms with E-state index in [4.69, 9.17) is 22.1 Å². The van der Waals surface area contributed by atoms with Gasteiger partial charge in [-0.2, -0.15) is 11.1 Å². The van der Waals surface area contributed by atoms with Gasteiger partial charge < -0.3 is 5.11 Å². The van der Waals surface area contributed by atoms with Crippen molar-refractivity contribution in [3.05, 3.63) is 22.8 Å². The summed E-state index contributed by atoms with van der Waals surface area (Å²) in [5.41, 5.74) is 4.39. The number of aliphatic hydroxyl groups excluding tert-OH is 1. The van der Waals surface area contributed by atoms with E-state index in [0.29, 0.717) is 0 Å². The van der Waals surface area contributed by atoms with Gasteiger partial charge in [0.1, 0.15) is 0 Å². The predicted octanol–water partition coefficient (Wildman–Crippen LogP) is 4.10. The van der Waals surface area contributed by atoms with Crippen LogP contribution >= 0.6 is 17.0 Å². The molecule has 0 atom stereocenters. The molecular weight excluding hydrogens is 310 g/mol. The molecule has 4 heteroatoms. The summed E-state index contributed by atoms with van der Waals surface area (Å²) in [5, 5.41) is 7.00. The molecule has 0 amide bonds. The molecule has 0 saturated carbocycles. The van der Waals surface area contributed by atoms with Crippen LogP contribution in [0.1, 0.15) is 34.6 Å². The molecule has 1 nitrogen and oxygen atoms in total. The van der Waals surface area contributed by atoms with Crippen molar-refractivity contribution in [2.24, 2.45) is 5.41 Å². The molecular formula is C11H19Cl2OZr-. The zero-order valence-electron chi connectivity index (χ0n) is 10.2. The molecule has 0 aromatic carbocycles. The van der Waals surface area contributed by atoms with E-state index in [2.05, 4.69) is 40.7 Å². The SMILES string of the molecule is CC1=[C-]C(C)(C)C(C)=C1C.CO.[Cl][Zr][Cl]. The van der Waals surface area contributed by atoms with Gasteiger partial charge in [-0.1, -0.05) is 33.1 Å². The van der Waals surface area contributed by atoms with Gasteiger partial charge in [-0.05, 0) is 0 Å². The molecule has 1 aliphatic carbocycles. The van der Waals surface area contributed by atoms with E-state index in [0.717, 1.165) is 7.11 Å². The van der Waals surface area contributed by atoms with E-state index in [1.54, 1.807) is 0 Å². The minimum atomic E-state index is -0.826. The third kappa shape index (κ3) is 6.26. The predicted molar refractivity (Wildman–Crippen MR) is 64.4 cm³/mol. The molecule has 1 aliphatic rings. The molecule has 0 bridgehead atoms. The van der Waals surface area contributed by atoms with Crippen molar-refractivity contribution in [1.82, 2.24) is 0 Å². The zero-order chi connectivity index (χ0) is 12.6. The van der Waals surface area contributed by atoms with E-state index in [-0.39, 0.29) is 5.41 Å². The molecule has 0 unspecified atom stereocenters. The summed E-state index contributed by atoms with van der Waals surface area (Å²) < 4.78 is 0. The van der Waals surface area contributed by atoms with Gasteiger partial charge in [-0.15, -0.1) is 6.92 Å². The number of hydrogen-bond donors (Lipinski definition) is 1. The summed E-state index contributed by atoms with van der Waals surface area (Å²) >= 11 is -0.826. The summed E-state index contributed by atoms with van der Waals surface area (Å²) in [4.78, 5) is 0. The average molecular weight is 329 g/mol. The molecule has 0 aromatic rings. The Kier molecular flexibility index (Phi) is 10.9. The van der Waals surface area contributed by atoms with Crippen LogP contribution in [0.2, 0.25) is 0 Å². The third-order valence-electron chi connectivity index (χ3n) is 2.56. The fraction of sp³-hybridized carbons (Fsp3) is 0.636. The Bertz CT molecular complexity index is 245. The Morgan fingerprint density at radius 3 is 1.53 bits per heavy atom. The van der Waals surface area contributed by atoms with Crippen LogP contribution in [0.3, 0.4) is 0 Å². The van der Waals surface area contributed by atoms with Crippen molar-refractivity contribution in [3.8, 4) is 0 Å². The molecule has 15 heavy (non-hydrogen) atoms. The summed E-state index contributed by atoms with van der Waals surface area (Å²) in [7, 11) is 10.9. The van der Waals surface area contributed by atoms with Crippen LogP contribution in [0, 0.1) is 11.5 Å². The fourth-order valence-corrected chi connectivity index (χ4v) is 1.41. The quantitative estimate of drug-likeness (QED) is 0.664. The Labute approximate surface area is 112 Å². The number of rotatable bonds is 0. The maximum absolute atomic E-state index is 7.00. The summed E-state index contributed by atoms with van der Waals surface area (Å²) in [6.07, 6.45) is 3.44. The first-order valence-corrected chi connectivity index (χ1v) is 10.9. The molecule has 1 N–H and O–H groups in total. The van der Waals surface area contributed by atoms with E-state index < -0.39 is 20.8 Å². The van der Waals surface area contributed by atoms with Crippen molar-refractivity contribution in [2.45, 2.75) is 34.6 Å². The molecule has 1 rings (SSSR count). The fourth-order valence-electron chi connectivity index (χ4n) is 1.41. The number of halogens is 2. The van der Waals surface area contributed by atoms with Crippen LogP contribution in [0.5, 0.6) is 0 Å². The van der Waals surface area contributed by atoms with E-state index in [1.807, 2.05) is 0 Å². The third-order valence-corrected chi connectivity index (χ3v) is 2.56. The van der Waals surface area contributed by atoms with Crippen LogP contribution in [0.25, 0.3) is 0 Å². The van der Waals surface area contributed by atoms with Crippen LogP contribution < -0.4 is 0 Å². The van der Waals surface area contributed by atoms with Gasteiger partial charge in [0.25, 0.3) is 0 Å². The normalized spacial score (nSPS) is 17.0. The van der Waals surface area contributed by atoms with Gasteiger partial charge in [0.05, 0.1) is 0 Å². The Hall–Kier alpha value is 0.903. The van der Waals surface area contributed by atoms with Crippen LogP contribution in [0.4, 0.5) is 0 Å². The van der Waals surface area contributed by atoms with Crippen LogP contribution in [0.15, 0.2) is 16.7 Å². The van der Waals surface area contributed by atoms with Gasteiger partial charge in [0.15, 0.2) is 0 Å².